The molecule has 1 N–H and O–H groups in total. The number of nitrogens with one attached hydrogen (secondary N) is 1. The van der Waals surface area contributed by atoms with Crippen molar-refractivity contribution < 1.29 is 19.1 Å². The lowest BCUT2D eigenvalue weighted by molar-refractivity contribution is -0.154. The van der Waals surface area contributed by atoms with E-state index in [1.165, 1.54) is 7.11 Å². The van der Waals surface area contributed by atoms with E-state index in [1.54, 1.807) is 36.4 Å². The molecule has 1 unspecified atom stereocenters. The number of hydrogen-bond donors (Lipinski definition) is 1. The summed E-state index contributed by atoms with van der Waals surface area (Å²) in [5.41, 5.74) is 2.36. The quantitative estimate of drug-likeness (QED) is 0.644. The number of aryl methyl sites for hydroxylation is 1. The van der Waals surface area contributed by atoms with E-state index in [0.717, 1.165) is 11.1 Å². The van der Waals surface area contributed by atoms with Gasteiger partial charge in [0.1, 0.15) is 5.75 Å². The summed E-state index contributed by atoms with van der Waals surface area (Å²) in [5, 5.41) is 11.4. The Labute approximate surface area is 146 Å². The summed E-state index contributed by atoms with van der Waals surface area (Å²) >= 11 is 0. The topological polar surface area (TPSA) is 88.4 Å². The summed E-state index contributed by atoms with van der Waals surface area (Å²) in [6, 6.07) is 15.8. The molecular weight excluding hydrogens is 320 g/mol. The first-order chi connectivity index (χ1) is 12.0. The average molecular weight is 338 g/mol. The Bertz CT molecular complexity index is 777. The van der Waals surface area contributed by atoms with Crippen LogP contribution in [-0.4, -0.2) is 25.1 Å². The molecule has 0 fully saturated rings. The minimum atomic E-state index is -1.40. The lowest BCUT2D eigenvalue weighted by Gasteiger charge is -2.17. The molecule has 2 aromatic carbocycles. The van der Waals surface area contributed by atoms with Gasteiger partial charge >= 0.3 is 5.97 Å². The third kappa shape index (κ3) is 5.08. The molecule has 0 aliphatic rings. The Kier molecular flexibility index (Phi) is 6.13. The van der Waals surface area contributed by atoms with Crippen LogP contribution in [0, 0.1) is 18.3 Å². The first kappa shape index (κ1) is 18.0. The molecule has 0 heterocycles. The Morgan fingerprint density at radius 1 is 1.12 bits per heavy atom. The molecule has 128 valence electrons. The van der Waals surface area contributed by atoms with Crippen molar-refractivity contribution >= 4 is 11.9 Å². The van der Waals surface area contributed by atoms with E-state index in [1.807, 2.05) is 25.1 Å². The summed E-state index contributed by atoms with van der Waals surface area (Å²) in [4.78, 5) is 24.2. The molecule has 0 aliphatic carbocycles. The third-order valence-corrected chi connectivity index (χ3v) is 3.48. The summed E-state index contributed by atoms with van der Waals surface area (Å²) in [5.74, 6) is -0.982. The average Bonchev–Trinajstić information content (AvgIpc) is 2.65. The zero-order valence-corrected chi connectivity index (χ0v) is 14.0. The molecule has 0 radical (unpaired) electrons. The highest BCUT2D eigenvalue weighted by Crippen LogP contribution is 2.14. The van der Waals surface area contributed by atoms with E-state index in [0.29, 0.717) is 11.3 Å². The van der Waals surface area contributed by atoms with Crippen molar-refractivity contribution in [3.8, 4) is 11.8 Å². The van der Waals surface area contributed by atoms with Crippen molar-refractivity contribution in [2.45, 2.75) is 19.6 Å². The van der Waals surface area contributed by atoms with E-state index < -0.39 is 18.0 Å². The molecule has 0 saturated carbocycles. The maximum atomic E-state index is 12.3. The van der Waals surface area contributed by atoms with Crippen molar-refractivity contribution in [2.24, 2.45) is 0 Å². The monoisotopic (exact) mass is 338 g/mol. The number of benzene rings is 2. The van der Waals surface area contributed by atoms with Gasteiger partial charge in [0.2, 0.25) is 0 Å². The van der Waals surface area contributed by atoms with Crippen LogP contribution in [0.25, 0.3) is 0 Å². The fraction of sp³-hybridized carbons (Fsp3) is 0.211. The van der Waals surface area contributed by atoms with Crippen molar-refractivity contribution in [2.75, 3.05) is 7.11 Å². The lowest BCUT2D eigenvalue weighted by Crippen LogP contribution is -2.44. The van der Waals surface area contributed by atoms with Gasteiger partial charge in [0, 0.05) is 6.54 Å². The predicted molar refractivity (Wildman–Crippen MR) is 90.6 cm³/mol. The molecule has 0 aromatic heterocycles. The largest absolute Gasteiger partial charge is 0.469 e. The molecular formula is C19H18N2O4. The van der Waals surface area contributed by atoms with Gasteiger partial charge in [-0.3, -0.25) is 4.79 Å². The highest BCUT2D eigenvalue weighted by molar-refractivity contribution is 6.01. The van der Waals surface area contributed by atoms with Gasteiger partial charge < -0.3 is 14.8 Å². The number of hydrogen-bond acceptors (Lipinski definition) is 5. The number of nitrogens with zero attached hydrogens (tertiary/aromatic N) is 1. The zero-order valence-electron chi connectivity index (χ0n) is 14.0. The van der Waals surface area contributed by atoms with Crippen LogP contribution in [0.4, 0.5) is 0 Å². The number of nitriles is 1. The fourth-order valence-corrected chi connectivity index (χ4v) is 2.05. The molecule has 0 saturated heterocycles. The molecule has 1 atom stereocenters. The normalized spacial score (nSPS) is 11.1. The van der Waals surface area contributed by atoms with Crippen molar-refractivity contribution in [3.05, 3.63) is 65.2 Å². The highest BCUT2D eigenvalue weighted by Gasteiger charge is 2.29. The molecule has 6 nitrogen and oxygen atoms in total. The summed E-state index contributed by atoms with van der Waals surface area (Å²) in [6.07, 6.45) is -1.40. The van der Waals surface area contributed by atoms with Gasteiger partial charge in [-0.25, -0.2) is 4.79 Å². The summed E-state index contributed by atoms with van der Waals surface area (Å²) in [6.45, 7) is 2.13. The molecule has 0 aliphatic heterocycles. The van der Waals surface area contributed by atoms with Crippen molar-refractivity contribution in [1.29, 1.82) is 5.26 Å². The number of ether oxygens (including phenoxy) is 2. The molecule has 6 heteroatoms. The van der Waals surface area contributed by atoms with Crippen LogP contribution in [0.5, 0.6) is 5.75 Å². The van der Waals surface area contributed by atoms with E-state index in [4.69, 9.17) is 10.00 Å². The lowest BCUT2D eigenvalue weighted by atomic mass is 10.1. The number of rotatable bonds is 6. The highest BCUT2D eigenvalue weighted by atomic mass is 16.6. The van der Waals surface area contributed by atoms with Crippen LogP contribution in [-0.2, 0) is 20.9 Å². The van der Waals surface area contributed by atoms with Crippen LogP contribution in [0.1, 0.15) is 16.7 Å². The van der Waals surface area contributed by atoms with Gasteiger partial charge in [-0.15, -0.1) is 0 Å². The minimum Gasteiger partial charge on any atom is -0.469 e. The molecule has 2 rings (SSSR count). The number of carbonyl (C=O) groups excluding carboxylic acids is 2. The molecule has 0 bridgehead atoms. The van der Waals surface area contributed by atoms with E-state index >= 15 is 0 Å². The van der Waals surface area contributed by atoms with Crippen molar-refractivity contribution in [1.82, 2.24) is 5.32 Å². The SMILES string of the molecule is COC(=O)C(Oc1ccc(C)cc1)C(=O)NCc1ccc(C#N)cc1. The zero-order chi connectivity index (χ0) is 18.2. The second-order valence-electron chi connectivity index (χ2n) is 5.36. The van der Waals surface area contributed by atoms with Gasteiger partial charge in [0.05, 0.1) is 18.7 Å². The second kappa shape index (κ2) is 8.50. The standard InChI is InChI=1S/C19H18N2O4/c1-13-3-9-16(10-4-13)25-17(19(23)24-2)18(22)21-12-15-7-5-14(11-20)6-8-15/h3-10,17H,12H2,1-2H3,(H,21,22). The molecule has 25 heavy (non-hydrogen) atoms. The third-order valence-electron chi connectivity index (χ3n) is 3.48. The summed E-state index contributed by atoms with van der Waals surface area (Å²) in [7, 11) is 1.20. The first-order valence-corrected chi connectivity index (χ1v) is 7.61. The van der Waals surface area contributed by atoms with Gasteiger partial charge in [0.25, 0.3) is 12.0 Å². The predicted octanol–water partition coefficient (Wildman–Crippen LogP) is 2.10. The molecule has 1 amide bonds. The second-order valence-corrected chi connectivity index (χ2v) is 5.36. The Balaban J connectivity index is 2.03. The van der Waals surface area contributed by atoms with Crippen LogP contribution in [0.3, 0.4) is 0 Å². The first-order valence-electron chi connectivity index (χ1n) is 7.61. The van der Waals surface area contributed by atoms with Gasteiger partial charge in [-0.2, -0.15) is 5.26 Å². The Morgan fingerprint density at radius 2 is 1.76 bits per heavy atom. The van der Waals surface area contributed by atoms with Crippen LogP contribution >= 0.6 is 0 Å². The number of esters is 1. The van der Waals surface area contributed by atoms with Gasteiger partial charge in [-0.05, 0) is 36.8 Å². The number of methoxy groups -OCH3 is 1. The minimum absolute atomic E-state index is 0.204. The number of carbonyl (C=O) groups is 2. The van der Waals surface area contributed by atoms with E-state index in [9.17, 15) is 9.59 Å². The molecule has 2 aromatic rings. The van der Waals surface area contributed by atoms with Crippen LogP contribution in [0.15, 0.2) is 48.5 Å². The van der Waals surface area contributed by atoms with Crippen LogP contribution < -0.4 is 10.1 Å². The maximum absolute atomic E-state index is 12.3. The Hall–Kier alpha value is -3.33. The van der Waals surface area contributed by atoms with Gasteiger partial charge in [-0.1, -0.05) is 29.8 Å². The van der Waals surface area contributed by atoms with E-state index in [-0.39, 0.29) is 6.54 Å². The summed E-state index contributed by atoms with van der Waals surface area (Å²) < 4.78 is 10.1. The smallest absolute Gasteiger partial charge is 0.357 e. The van der Waals surface area contributed by atoms with E-state index in [2.05, 4.69) is 10.1 Å². The van der Waals surface area contributed by atoms with Crippen molar-refractivity contribution in [3.63, 3.8) is 0 Å². The number of amides is 1. The van der Waals surface area contributed by atoms with Crippen LogP contribution in [0.2, 0.25) is 0 Å². The fourth-order valence-electron chi connectivity index (χ4n) is 2.05. The molecule has 0 spiro atoms. The Morgan fingerprint density at radius 3 is 2.32 bits per heavy atom. The van der Waals surface area contributed by atoms with Gasteiger partial charge in [0.15, 0.2) is 0 Å². The maximum Gasteiger partial charge on any atom is 0.357 e.